The van der Waals surface area contributed by atoms with Crippen LogP contribution in [-0.2, 0) is 10.0 Å². The molecule has 0 aromatic heterocycles. The SMILES string of the molecule is Cl.Cl.N#Cc1cccc(S(=O)(=O)NCCCN2CCNCC2)c1. The molecule has 1 aromatic rings. The molecule has 1 heterocycles. The number of halogens is 2. The van der Waals surface area contributed by atoms with Crippen molar-refractivity contribution in [2.24, 2.45) is 0 Å². The van der Waals surface area contributed by atoms with Crippen molar-refractivity contribution in [3.63, 3.8) is 0 Å². The monoisotopic (exact) mass is 380 g/mol. The number of rotatable bonds is 6. The van der Waals surface area contributed by atoms with E-state index in [4.69, 9.17) is 5.26 Å². The van der Waals surface area contributed by atoms with E-state index in [0.717, 1.165) is 39.1 Å². The van der Waals surface area contributed by atoms with Crippen LogP contribution < -0.4 is 10.0 Å². The van der Waals surface area contributed by atoms with Gasteiger partial charge in [0.25, 0.3) is 0 Å². The third-order valence-electron chi connectivity index (χ3n) is 3.43. The first-order valence-electron chi connectivity index (χ1n) is 7.05. The lowest BCUT2D eigenvalue weighted by molar-refractivity contribution is 0.239. The minimum Gasteiger partial charge on any atom is -0.314 e. The highest BCUT2D eigenvalue weighted by Gasteiger charge is 2.14. The summed E-state index contributed by atoms with van der Waals surface area (Å²) in [5.74, 6) is 0. The van der Waals surface area contributed by atoms with Crippen molar-refractivity contribution in [1.82, 2.24) is 14.9 Å². The van der Waals surface area contributed by atoms with Crippen molar-refractivity contribution in [3.05, 3.63) is 29.8 Å². The molecule has 1 saturated heterocycles. The molecule has 0 radical (unpaired) electrons. The van der Waals surface area contributed by atoms with Gasteiger partial charge in [-0.25, -0.2) is 13.1 Å². The van der Waals surface area contributed by atoms with Crippen LogP contribution in [0.4, 0.5) is 0 Å². The van der Waals surface area contributed by atoms with Gasteiger partial charge in [0.15, 0.2) is 0 Å². The van der Waals surface area contributed by atoms with Gasteiger partial charge in [-0.1, -0.05) is 6.07 Å². The zero-order chi connectivity index (χ0) is 15.1. The molecule has 0 atom stereocenters. The standard InChI is InChI=1S/C14H20N4O2S.2ClH/c15-12-13-3-1-4-14(11-13)21(19,20)17-5-2-8-18-9-6-16-7-10-18;;/h1,3-4,11,16-17H,2,5-10H2;2*1H. The van der Waals surface area contributed by atoms with E-state index in [2.05, 4.69) is 14.9 Å². The van der Waals surface area contributed by atoms with Gasteiger partial charge in [-0.05, 0) is 31.2 Å². The van der Waals surface area contributed by atoms with Gasteiger partial charge in [-0.2, -0.15) is 5.26 Å². The van der Waals surface area contributed by atoms with E-state index in [1.165, 1.54) is 12.1 Å². The smallest absolute Gasteiger partial charge is 0.240 e. The van der Waals surface area contributed by atoms with Gasteiger partial charge >= 0.3 is 0 Å². The fourth-order valence-corrected chi connectivity index (χ4v) is 3.38. The summed E-state index contributed by atoms with van der Waals surface area (Å²) in [6.45, 7) is 5.30. The number of piperazine rings is 1. The molecule has 2 N–H and O–H groups in total. The first kappa shape index (κ1) is 22.1. The van der Waals surface area contributed by atoms with Gasteiger partial charge in [0.2, 0.25) is 10.0 Å². The number of nitriles is 1. The predicted octanol–water partition coefficient (Wildman–Crippen LogP) is 0.975. The zero-order valence-electron chi connectivity index (χ0n) is 12.7. The van der Waals surface area contributed by atoms with Gasteiger partial charge < -0.3 is 10.2 Å². The van der Waals surface area contributed by atoms with E-state index in [0.29, 0.717) is 12.1 Å². The maximum atomic E-state index is 12.1. The maximum Gasteiger partial charge on any atom is 0.240 e. The number of sulfonamides is 1. The average Bonchev–Trinajstić information content (AvgIpc) is 2.53. The van der Waals surface area contributed by atoms with Crippen LogP contribution in [0.3, 0.4) is 0 Å². The highest BCUT2D eigenvalue weighted by atomic mass is 35.5. The molecule has 1 aliphatic heterocycles. The topological polar surface area (TPSA) is 85.2 Å². The molecular formula is C14H22Cl2N4O2S. The number of hydrogen-bond donors (Lipinski definition) is 2. The van der Waals surface area contributed by atoms with E-state index in [1.54, 1.807) is 12.1 Å². The Balaban J connectivity index is 0.00000242. The molecule has 130 valence electrons. The van der Waals surface area contributed by atoms with Gasteiger partial charge in [-0.3, -0.25) is 0 Å². The Hall–Kier alpha value is -0.880. The van der Waals surface area contributed by atoms with Crippen molar-refractivity contribution < 1.29 is 8.42 Å². The molecule has 2 rings (SSSR count). The van der Waals surface area contributed by atoms with Crippen LogP contribution in [0.5, 0.6) is 0 Å². The highest BCUT2D eigenvalue weighted by molar-refractivity contribution is 7.89. The summed E-state index contributed by atoms with van der Waals surface area (Å²) in [5.41, 5.74) is 0.346. The molecule has 0 amide bonds. The molecule has 0 unspecified atom stereocenters. The molecule has 1 aromatic carbocycles. The Morgan fingerprint density at radius 1 is 1.26 bits per heavy atom. The predicted molar refractivity (Wildman–Crippen MR) is 94.8 cm³/mol. The molecule has 0 bridgehead atoms. The summed E-state index contributed by atoms with van der Waals surface area (Å²) in [7, 11) is -3.53. The van der Waals surface area contributed by atoms with Crippen LogP contribution in [0.15, 0.2) is 29.2 Å². The van der Waals surface area contributed by atoms with Crippen LogP contribution in [0.2, 0.25) is 0 Å². The fourth-order valence-electron chi connectivity index (χ4n) is 2.26. The summed E-state index contributed by atoms with van der Waals surface area (Å²) >= 11 is 0. The summed E-state index contributed by atoms with van der Waals surface area (Å²) in [6.07, 6.45) is 0.775. The van der Waals surface area contributed by atoms with Crippen molar-refractivity contribution in [3.8, 4) is 6.07 Å². The number of hydrogen-bond acceptors (Lipinski definition) is 5. The van der Waals surface area contributed by atoms with Crippen LogP contribution in [0.25, 0.3) is 0 Å². The largest absolute Gasteiger partial charge is 0.314 e. The summed E-state index contributed by atoms with van der Waals surface area (Å²) in [5, 5.41) is 12.1. The molecule has 0 spiro atoms. The molecule has 6 nitrogen and oxygen atoms in total. The first-order chi connectivity index (χ1) is 10.1. The third-order valence-corrected chi connectivity index (χ3v) is 4.88. The summed E-state index contributed by atoms with van der Waals surface area (Å²) in [6, 6.07) is 8.00. The Labute approximate surface area is 150 Å². The van der Waals surface area contributed by atoms with Crippen LogP contribution in [0, 0.1) is 11.3 Å². The molecule has 1 fully saturated rings. The minimum atomic E-state index is -3.53. The number of nitrogens with one attached hydrogen (secondary N) is 2. The summed E-state index contributed by atoms with van der Waals surface area (Å²) in [4.78, 5) is 2.46. The minimum absolute atomic E-state index is 0. The first-order valence-corrected chi connectivity index (χ1v) is 8.53. The Kier molecular flexibility index (Phi) is 10.4. The third kappa shape index (κ3) is 7.04. The quantitative estimate of drug-likeness (QED) is 0.718. The lowest BCUT2D eigenvalue weighted by Gasteiger charge is -2.27. The van der Waals surface area contributed by atoms with Gasteiger partial charge in [0, 0.05) is 32.7 Å². The van der Waals surface area contributed by atoms with E-state index in [1.807, 2.05) is 6.07 Å². The van der Waals surface area contributed by atoms with Gasteiger partial charge in [-0.15, -0.1) is 24.8 Å². The summed E-state index contributed by atoms with van der Waals surface area (Å²) < 4.78 is 26.8. The molecule has 0 aliphatic carbocycles. The van der Waals surface area contributed by atoms with E-state index in [9.17, 15) is 8.42 Å². The normalized spacial score (nSPS) is 15.1. The van der Waals surface area contributed by atoms with E-state index in [-0.39, 0.29) is 29.7 Å². The second kappa shape index (κ2) is 10.8. The van der Waals surface area contributed by atoms with Gasteiger partial charge in [0.05, 0.1) is 16.5 Å². The zero-order valence-corrected chi connectivity index (χ0v) is 15.1. The molecule has 1 aliphatic rings. The van der Waals surface area contributed by atoms with Crippen molar-refractivity contribution in [1.29, 1.82) is 5.26 Å². The van der Waals surface area contributed by atoms with Gasteiger partial charge in [0.1, 0.15) is 0 Å². The second-order valence-electron chi connectivity index (χ2n) is 4.98. The Bertz CT molecular complexity index is 613. The molecular weight excluding hydrogens is 359 g/mol. The Morgan fingerprint density at radius 3 is 2.61 bits per heavy atom. The van der Waals surface area contributed by atoms with Crippen molar-refractivity contribution in [2.75, 3.05) is 39.3 Å². The Morgan fingerprint density at radius 2 is 1.96 bits per heavy atom. The van der Waals surface area contributed by atoms with Crippen molar-refractivity contribution >= 4 is 34.8 Å². The lowest BCUT2D eigenvalue weighted by Crippen LogP contribution is -2.44. The highest BCUT2D eigenvalue weighted by Crippen LogP contribution is 2.10. The number of nitrogens with zero attached hydrogens (tertiary/aromatic N) is 2. The molecule has 0 saturated carbocycles. The lowest BCUT2D eigenvalue weighted by atomic mass is 10.2. The molecule has 9 heteroatoms. The molecule has 23 heavy (non-hydrogen) atoms. The van der Waals surface area contributed by atoms with E-state index < -0.39 is 10.0 Å². The fraction of sp³-hybridized carbons (Fsp3) is 0.500. The van der Waals surface area contributed by atoms with E-state index >= 15 is 0 Å². The van der Waals surface area contributed by atoms with Crippen LogP contribution >= 0.6 is 24.8 Å². The van der Waals surface area contributed by atoms with Crippen LogP contribution in [0.1, 0.15) is 12.0 Å². The maximum absolute atomic E-state index is 12.1. The van der Waals surface area contributed by atoms with Crippen molar-refractivity contribution in [2.45, 2.75) is 11.3 Å². The van der Waals surface area contributed by atoms with Crippen LogP contribution in [-0.4, -0.2) is 52.6 Å². The second-order valence-corrected chi connectivity index (χ2v) is 6.75. The number of benzene rings is 1. The average molecular weight is 381 g/mol.